The molecule has 3 aromatic carbocycles. The van der Waals surface area contributed by atoms with Crippen LogP contribution in [0.15, 0.2) is 79.0 Å². The Morgan fingerprint density at radius 1 is 0.952 bits per heavy atom. The van der Waals surface area contributed by atoms with Crippen molar-refractivity contribution in [3.8, 4) is 11.4 Å². The van der Waals surface area contributed by atoms with Gasteiger partial charge in [0.2, 0.25) is 11.9 Å². The summed E-state index contributed by atoms with van der Waals surface area (Å²) in [5.74, 6) is 0.778. The van der Waals surface area contributed by atoms with Crippen molar-refractivity contribution in [1.82, 2.24) is 25.2 Å². The van der Waals surface area contributed by atoms with Crippen molar-refractivity contribution in [2.24, 2.45) is 0 Å². The molecule has 0 aliphatic carbocycles. The van der Waals surface area contributed by atoms with Crippen LogP contribution in [0.2, 0.25) is 0 Å². The van der Waals surface area contributed by atoms with Gasteiger partial charge in [0.05, 0.1) is 23.4 Å². The van der Waals surface area contributed by atoms with Crippen LogP contribution in [0.4, 0.5) is 33.2 Å². The molecule has 5 rings (SSSR count). The molecule has 3 aromatic rings. The van der Waals surface area contributed by atoms with E-state index >= 15 is 0 Å². The van der Waals surface area contributed by atoms with Crippen molar-refractivity contribution in [3.05, 3.63) is 102 Å². The standard InChI is InChI=1S/C31H31FN8O2/c1-19-8-13-22(35-27(41)18-40(2)3)16-26(19)37-31-38-28-24(14-15-33-28)29(39-31)36-25-7-5-4-6-23(25)30(42)34-17-20-9-11-21(32)12-10-20/h4-16H,17-18H2,1-3H3,(H,34,42)(H,35,41)(H3,33,36,37,38,39). The van der Waals surface area contributed by atoms with E-state index in [1.807, 2.05) is 51.4 Å². The van der Waals surface area contributed by atoms with Gasteiger partial charge in [0.15, 0.2) is 0 Å². The number of amides is 2. The number of aryl methyl sites for hydroxylation is 1. The zero-order valence-corrected chi connectivity index (χ0v) is 23.5. The summed E-state index contributed by atoms with van der Waals surface area (Å²) in [5, 5.41) is 12.4. The second-order valence-electron chi connectivity index (χ2n) is 10.1. The van der Waals surface area contributed by atoms with Gasteiger partial charge in [-0.2, -0.15) is 4.98 Å². The maximum absolute atomic E-state index is 13.2. The summed E-state index contributed by atoms with van der Waals surface area (Å²) in [6, 6.07) is 20.5. The molecule has 2 amide bonds. The van der Waals surface area contributed by atoms with Crippen LogP contribution in [0, 0.1) is 12.7 Å². The molecule has 0 spiro atoms. The van der Waals surface area contributed by atoms with Crippen LogP contribution in [0.5, 0.6) is 0 Å². The fraction of sp³-hybridized carbons (Fsp3) is 0.161. The molecule has 214 valence electrons. The monoisotopic (exact) mass is 566 g/mol. The fourth-order valence-corrected chi connectivity index (χ4v) is 4.34. The molecule has 0 atom stereocenters. The number of aromatic amines is 1. The number of benzene rings is 3. The van der Waals surface area contributed by atoms with Crippen molar-refractivity contribution in [3.63, 3.8) is 0 Å². The highest BCUT2D eigenvalue weighted by Crippen LogP contribution is 2.32. The average molecular weight is 567 g/mol. The van der Waals surface area contributed by atoms with Crippen LogP contribution < -0.4 is 21.3 Å². The van der Waals surface area contributed by atoms with E-state index in [1.165, 1.54) is 12.1 Å². The molecule has 2 aliphatic heterocycles. The number of carbonyl (C=O) groups is 2. The van der Waals surface area contributed by atoms with Gasteiger partial charge in [-0.25, -0.2) is 9.37 Å². The molecule has 0 saturated heterocycles. The van der Waals surface area contributed by atoms with Crippen LogP contribution >= 0.6 is 0 Å². The molecule has 42 heavy (non-hydrogen) atoms. The van der Waals surface area contributed by atoms with Gasteiger partial charge in [0.25, 0.3) is 5.91 Å². The number of rotatable bonds is 10. The van der Waals surface area contributed by atoms with Crippen LogP contribution in [0.3, 0.4) is 0 Å². The van der Waals surface area contributed by atoms with Gasteiger partial charge in [-0.05, 0) is 74.6 Å². The topological polar surface area (TPSA) is 127 Å². The maximum atomic E-state index is 13.2. The number of nitrogens with one attached hydrogen (secondary N) is 5. The van der Waals surface area contributed by atoms with Gasteiger partial charge in [-0.3, -0.25) is 9.59 Å². The third-order valence-corrected chi connectivity index (χ3v) is 6.44. The first-order valence-corrected chi connectivity index (χ1v) is 13.3. The minimum Gasteiger partial charge on any atom is -0.348 e. The molecular weight excluding hydrogens is 535 g/mol. The Balaban J connectivity index is 1.37. The molecule has 5 N–H and O–H groups in total. The number of para-hydroxylation sites is 1. The largest absolute Gasteiger partial charge is 0.348 e. The SMILES string of the molecule is Cc1ccc(NC(=O)CN(C)C)cc1Nc1nc(Nc2ccccc2C(=O)NCc2ccc(F)cc2)c2ccnc-2[nH]1. The lowest BCUT2D eigenvalue weighted by Crippen LogP contribution is -2.27. The van der Waals surface area contributed by atoms with Gasteiger partial charge in [-0.15, -0.1) is 0 Å². The zero-order valence-electron chi connectivity index (χ0n) is 23.5. The molecule has 0 saturated carbocycles. The number of anilines is 5. The lowest BCUT2D eigenvalue weighted by molar-refractivity contribution is -0.116. The molecule has 0 unspecified atom stereocenters. The quantitative estimate of drug-likeness (QED) is 0.156. The zero-order chi connectivity index (χ0) is 29.6. The van der Waals surface area contributed by atoms with Crippen LogP contribution in [0.25, 0.3) is 11.4 Å². The molecule has 2 aliphatic rings. The highest BCUT2D eigenvalue weighted by molar-refractivity contribution is 6.00. The van der Waals surface area contributed by atoms with Crippen LogP contribution in [0.1, 0.15) is 21.5 Å². The first-order chi connectivity index (χ1) is 20.2. The van der Waals surface area contributed by atoms with E-state index in [0.717, 1.165) is 22.4 Å². The Labute approximate surface area is 242 Å². The number of H-pyrrole nitrogens is 1. The Morgan fingerprint density at radius 2 is 1.74 bits per heavy atom. The number of nitrogens with zero attached hydrogens (tertiary/aromatic N) is 3. The minimum atomic E-state index is -0.330. The van der Waals surface area contributed by atoms with E-state index in [0.29, 0.717) is 34.5 Å². The van der Waals surface area contributed by atoms with E-state index in [2.05, 4.69) is 31.2 Å². The molecule has 11 heteroatoms. The number of hydrogen-bond donors (Lipinski definition) is 5. The number of carbonyl (C=O) groups excluding carboxylic acids is 2. The van der Waals surface area contributed by atoms with Crippen LogP contribution in [-0.2, 0) is 11.3 Å². The van der Waals surface area contributed by atoms with Gasteiger partial charge >= 0.3 is 0 Å². The lowest BCUT2D eigenvalue weighted by atomic mass is 10.1. The molecule has 0 bridgehead atoms. The van der Waals surface area contributed by atoms with Crippen molar-refractivity contribution < 1.29 is 14.0 Å². The predicted octanol–water partition coefficient (Wildman–Crippen LogP) is 5.27. The highest BCUT2D eigenvalue weighted by Gasteiger charge is 2.18. The minimum absolute atomic E-state index is 0.117. The van der Waals surface area contributed by atoms with E-state index < -0.39 is 0 Å². The Morgan fingerprint density at radius 3 is 2.52 bits per heavy atom. The molecule has 10 nitrogen and oxygen atoms in total. The summed E-state index contributed by atoms with van der Waals surface area (Å²) in [7, 11) is 3.67. The summed E-state index contributed by atoms with van der Waals surface area (Å²) >= 11 is 0. The van der Waals surface area contributed by atoms with Crippen molar-refractivity contribution in [1.29, 1.82) is 0 Å². The summed E-state index contributed by atoms with van der Waals surface area (Å²) < 4.78 is 13.2. The molecule has 2 heterocycles. The third kappa shape index (κ3) is 6.88. The molecule has 0 aromatic heterocycles. The van der Waals surface area contributed by atoms with Crippen molar-refractivity contribution >= 4 is 40.6 Å². The first-order valence-electron chi connectivity index (χ1n) is 13.3. The highest BCUT2D eigenvalue weighted by atomic mass is 19.1. The average Bonchev–Trinajstić information content (AvgIpc) is 3.43. The van der Waals surface area contributed by atoms with E-state index in [4.69, 9.17) is 4.98 Å². The Hall–Kier alpha value is -5.29. The second-order valence-corrected chi connectivity index (χ2v) is 10.1. The molecule has 0 fully saturated rings. The Bertz CT molecular complexity index is 1680. The lowest BCUT2D eigenvalue weighted by Gasteiger charge is -2.17. The summed E-state index contributed by atoms with van der Waals surface area (Å²) in [5.41, 5.74) is 4.86. The van der Waals surface area contributed by atoms with Crippen LogP contribution in [-0.4, -0.2) is 52.3 Å². The third-order valence-electron chi connectivity index (χ3n) is 6.44. The van der Waals surface area contributed by atoms with Gasteiger partial charge in [0.1, 0.15) is 17.5 Å². The summed E-state index contributed by atoms with van der Waals surface area (Å²) in [4.78, 5) is 39.5. The first kappa shape index (κ1) is 28.2. The smallest absolute Gasteiger partial charge is 0.253 e. The summed E-state index contributed by atoms with van der Waals surface area (Å²) in [6.07, 6.45) is 1.67. The predicted molar refractivity (Wildman–Crippen MR) is 162 cm³/mol. The van der Waals surface area contributed by atoms with E-state index in [-0.39, 0.29) is 30.7 Å². The molecule has 0 radical (unpaired) electrons. The second kappa shape index (κ2) is 12.5. The normalized spacial score (nSPS) is 11.0. The van der Waals surface area contributed by atoms with Gasteiger partial charge in [0, 0.05) is 24.1 Å². The Kier molecular flexibility index (Phi) is 8.39. The fourth-order valence-electron chi connectivity index (χ4n) is 4.34. The van der Waals surface area contributed by atoms with Gasteiger partial charge < -0.3 is 31.2 Å². The van der Waals surface area contributed by atoms with Gasteiger partial charge in [-0.1, -0.05) is 30.3 Å². The van der Waals surface area contributed by atoms with E-state index in [9.17, 15) is 14.0 Å². The maximum Gasteiger partial charge on any atom is 0.253 e. The number of hydrogen-bond acceptors (Lipinski definition) is 7. The molecular formula is C31H31FN8O2. The van der Waals surface area contributed by atoms with E-state index in [1.54, 1.807) is 41.4 Å². The van der Waals surface area contributed by atoms with Crippen molar-refractivity contribution in [2.75, 3.05) is 36.6 Å². The summed E-state index contributed by atoms with van der Waals surface area (Å²) in [6.45, 7) is 2.48. The number of halogens is 1. The number of aromatic nitrogens is 3. The number of fused-ring (bicyclic) bond motifs is 1. The number of likely N-dealkylation sites (N-methyl/N-ethyl adjacent to an activating group) is 1. The van der Waals surface area contributed by atoms with Crippen molar-refractivity contribution in [2.45, 2.75) is 13.5 Å².